The topological polar surface area (TPSA) is 92.3 Å². The quantitative estimate of drug-likeness (QED) is 0.814. The first-order valence-electron chi connectivity index (χ1n) is 6.12. The zero-order chi connectivity index (χ0) is 17.3. The number of sulfonamides is 2. The molecule has 2 aromatic rings. The van der Waals surface area contributed by atoms with Crippen LogP contribution in [0.15, 0.2) is 47.4 Å². The molecule has 0 atom stereocenters. The van der Waals surface area contributed by atoms with E-state index in [0.717, 1.165) is 6.26 Å². The molecule has 0 radical (unpaired) electrons. The fourth-order valence-corrected chi connectivity index (χ4v) is 3.92. The maximum Gasteiger partial charge on any atom is 0.261 e. The molecule has 0 heterocycles. The second kappa shape index (κ2) is 6.56. The van der Waals surface area contributed by atoms with E-state index in [2.05, 4.69) is 9.44 Å². The van der Waals surface area contributed by atoms with Gasteiger partial charge in [-0.3, -0.25) is 9.44 Å². The minimum Gasteiger partial charge on any atom is -0.282 e. The maximum atomic E-state index is 12.3. The van der Waals surface area contributed by atoms with Gasteiger partial charge in [-0.2, -0.15) is 0 Å². The number of nitrogens with one attached hydrogen (secondary N) is 2. The smallest absolute Gasteiger partial charge is 0.261 e. The Morgan fingerprint density at radius 2 is 1.61 bits per heavy atom. The molecule has 0 fully saturated rings. The van der Waals surface area contributed by atoms with Crippen LogP contribution in [0.3, 0.4) is 0 Å². The van der Waals surface area contributed by atoms with Crippen LogP contribution in [0.25, 0.3) is 0 Å². The van der Waals surface area contributed by atoms with Crippen LogP contribution in [0.5, 0.6) is 0 Å². The molecule has 2 rings (SSSR count). The first kappa shape index (κ1) is 17.9. The summed E-state index contributed by atoms with van der Waals surface area (Å²) in [6, 6.07) is 9.84. The molecule has 0 saturated carbocycles. The Bertz CT molecular complexity index is 944. The van der Waals surface area contributed by atoms with Gasteiger partial charge < -0.3 is 0 Å². The van der Waals surface area contributed by atoms with E-state index in [1.54, 1.807) is 6.07 Å². The van der Waals surface area contributed by atoms with Gasteiger partial charge >= 0.3 is 0 Å². The molecule has 0 spiro atoms. The third-order valence-corrected chi connectivity index (χ3v) is 5.14. The van der Waals surface area contributed by atoms with Crippen molar-refractivity contribution < 1.29 is 16.8 Å². The molecular weight excluding hydrogens is 383 g/mol. The summed E-state index contributed by atoms with van der Waals surface area (Å²) in [6.07, 6.45) is 0.985. The Labute approximate surface area is 144 Å². The number of hydrogen-bond acceptors (Lipinski definition) is 4. The Morgan fingerprint density at radius 1 is 0.913 bits per heavy atom. The van der Waals surface area contributed by atoms with Gasteiger partial charge in [0, 0.05) is 5.02 Å². The number of hydrogen-bond donors (Lipinski definition) is 2. The fraction of sp³-hybridized carbons (Fsp3) is 0.0769. The van der Waals surface area contributed by atoms with Crippen molar-refractivity contribution in [3.05, 3.63) is 52.5 Å². The summed E-state index contributed by atoms with van der Waals surface area (Å²) in [7, 11) is -7.32. The van der Waals surface area contributed by atoms with E-state index in [4.69, 9.17) is 23.2 Å². The van der Waals surface area contributed by atoms with Gasteiger partial charge in [0.05, 0.1) is 27.5 Å². The lowest BCUT2D eigenvalue weighted by molar-refractivity contribution is 0.600. The van der Waals surface area contributed by atoms with Gasteiger partial charge in [0.1, 0.15) is 0 Å². The lowest BCUT2D eigenvalue weighted by Crippen LogP contribution is -2.13. The molecule has 23 heavy (non-hydrogen) atoms. The van der Waals surface area contributed by atoms with E-state index >= 15 is 0 Å². The molecule has 10 heteroatoms. The minimum atomic E-state index is -3.83. The van der Waals surface area contributed by atoms with Crippen LogP contribution < -0.4 is 9.44 Å². The van der Waals surface area contributed by atoms with E-state index in [9.17, 15) is 16.8 Å². The van der Waals surface area contributed by atoms with Gasteiger partial charge in [-0.05, 0) is 36.4 Å². The Balaban J connectivity index is 2.28. The fourth-order valence-electron chi connectivity index (χ4n) is 1.71. The number of rotatable bonds is 5. The summed E-state index contributed by atoms with van der Waals surface area (Å²) in [5.41, 5.74) is 0.342. The largest absolute Gasteiger partial charge is 0.282 e. The van der Waals surface area contributed by atoms with Gasteiger partial charge in [0.25, 0.3) is 10.0 Å². The zero-order valence-electron chi connectivity index (χ0n) is 11.7. The molecule has 0 bridgehead atoms. The predicted octanol–water partition coefficient (Wildman–Crippen LogP) is 3.17. The maximum absolute atomic E-state index is 12.3. The van der Waals surface area contributed by atoms with Crippen molar-refractivity contribution >= 4 is 54.6 Å². The number of halogens is 2. The van der Waals surface area contributed by atoms with E-state index in [1.165, 1.54) is 36.4 Å². The standard InChI is InChI=1S/C13H12Cl2N2O4S2/c1-22(18,19)17-13-6-5-10(8-12(13)15)16-23(20,21)11-4-2-3-9(14)7-11/h2-8,16-17H,1H3. The highest BCUT2D eigenvalue weighted by atomic mass is 35.5. The van der Waals surface area contributed by atoms with E-state index in [-0.39, 0.29) is 21.3 Å². The summed E-state index contributed by atoms with van der Waals surface area (Å²) >= 11 is 11.7. The van der Waals surface area contributed by atoms with Crippen molar-refractivity contribution in [2.75, 3.05) is 15.7 Å². The number of benzene rings is 2. The highest BCUT2D eigenvalue weighted by Crippen LogP contribution is 2.27. The van der Waals surface area contributed by atoms with Crippen LogP contribution in [0.2, 0.25) is 10.0 Å². The van der Waals surface area contributed by atoms with Gasteiger partial charge in [0.2, 0.25) is 10.0 Å². The summed E-state index contributed by atoms with van der Waals surface area (Å²) in [5.74, 6) is 0. The molecule has 0 unspecified atom stereocenters. The molecule has 0 amide bonds. The van der Waals surface area contributed by atoms with Crippen LogP contribution in [-0.2, 0) is 20.0 Å². The molecule has 2 aromatic carbocycles. The summed E-state index contributed by atoms with van der Waals surface area (Å²) < 4.78 is 51.5. The molecule has 6 nitrogen and oxygen atoms in total. The molecule has 0 aliphatic carbocycles. The second-order valence-electron chi connectivity index (χ2n) is 4.63. The molecular formula is C13H12Cl2N2O4S2. The van der Waals surface area contributed by atoms with E-state index in [1.807, 2.05) is 0 Å². The second-order valence-corrected chi connectivity index (χ2v) is 8.91. The molecule has 0 aliphatic heterocycles. The SMILES string of the molecule is CS(=O)(=O)Nc1ccc(NS(=O)(=O)c2cccc(Cl)c2)cc1Cl. The molecule has 2 N–H and O–H groups in total. The molecule has 0 aliphatic rings. The van der Waals surface area contributed by atoms with Crippen molar-refractivity contribution in [1.29, 1.82) is 0 Å². The van der Waals surface area contributed by atoms with Crippen molar-refractivity contribution in [3.8, 4) is 0 Å². The van der Waals surface area contributed by atoms with Crippen molar-refractivity contribution in [3.63, 3.8) is 0 Å². The first-order valence-corrected chi connectivity index (χ1v) is 10.3. The lowest BCUT2D eigenvalue weighted by atomic mass is 10.3. The van der Waals surface area contributed by atoms with Crippen LogP contribution >= 0.6 is 23.2 Å². The minimum absolute atomic E-state index is 0.000500. The summed E-state index contributed by atoms with van der Waals surface area (Å²) in [6.45, 7) is 0. The lowest BCUT2D eigenvalue weighted by Gasteiger charge is -2.11. The Hall–Kier alpha value is -1.48. The summed E-state index contributed by atoms with van der Waals surface area (Å²) in [4.78, 5) is -0.000500. The molecule has 124 valence electrons. The highest BCUT2D eigenvalue weighted by Gasteiger charge is 2.15. The van der Waals surface area contributed by atoms with Crippen molar-refractivity contribution in [2.24, 2.45) is 0 Å². The average molecular weight is 395 g/mol. The molecule has 0 saturated heterocycles. The number of anilines is 2. The Morgan fingerprint density at radius 3 is 2.17 bits per heavy atom. The highest BCUT2D eigenvalue weighted by molar-refractivity contribution is 7.92. The molecule has 0 aromatic heterocycles. The van der Waals surface area contributed by atoms with Crippen LogP contribution in [0.4, 0.5) is 11.4 Å². The summed E-state index contributed by atoms with van der Waals surface area (Å²) in [5, 5.41) is 0.348. The average Bonchev–Trinajstić information content (AvgIpc) is 2.40. The normalized spacial score (nSPS) is 12.0. The first-order chi connectivity index (χ1) is 10.6. The Kier molecular flexibility index (Phi) is 5.10. The van der Waals surface area contributed by atoms with Gasteiger partial charge in [-0.15, -0.1) is 0 Å². The monoisotopic (exact) mass is 394 g/mol. The van der Waals surface area contributed by atoms with Gasteiger partial charge in [0.15, 0.2) is 0 Å². The third-order valence-electron chi connectivity index (χ3n) is 2.62. The van der Waals surface area contributed by atoms with Crippen LogP contribution in [0.1, 0.15) is 0 Å². The van der Waals surface area contributed by atoms with Crippen molar-refractivity contribution in [1.82, 2.24) is 0 Å². The third kappa shape index (κ3) is 5.00. The van der Waals surface area contributed by atoms with Crippen LogP contribution in [0, 0.1) is 0 Å². The predicted molar refractivity (Wildman–Crippen MR) is 92.2 cm³/mol. The van der Waals surface area contributed by atoms with E-state index < -0.39 is 20.0 Å². The van der Waals surface area contributed by atoms with Gasteiger partial charge in [-0.25, -0.2) is 16.8 Å². The van der Waals surface area contributed by atoms with Crippen LogP contribution in [-0.4, -0.2) is 23.1 Å². The van der Waals surface area contributed by atoms with Crippen molar-refractivity contribution in [2.45, 2.75) is 4.90 Å². The van der Waals surface area contributed by atoms with Gasteiger partial charge in [-0.1, -0.05) is 29.3 Å². The zero-order valence-corrected chi connectivity index (χ0v) is 14.9. The van der Waals surface area contributed by atoms with E-state index in [0.29, 0.717) is 5.02 Å².